The zero-order chi connectivity index (χ0) is 22.0. The predicted octanol–water partition coefficient (Wildman–Crippen LogP) is 2.89. The van der Waals surface area contributed by atoms with E-state index in [-0.39, 0.29) is 48.8 Å². The third kappa shape index (κ3) is 7.47. The van der Waals surface area contributed by atoms with E-state index in [1.807, 2.05) is 13.8 Å². The molecule has 1 rings (SSSR count). The molecule has 0 spiro atoms. The second-order valence-electron chi connectivity index (χ2n) is 6.61. The first kappa shape index (κ1) is 24.0. The van der Waals surface area contributed by atoms with Crippen LogP contribution in [0.1, 0.15) is 44.5 Å². The molecule has 0 aliphatic carbocycles. The first-order chi connectivity index (χ1) is 13.7. The molecule has 0 aromatic heterocycles. The van der Waals surface area contributed by atoms with Crippen LogP contribution in [-0.4, -0.2) is 49.8 Å². The second-order valence-corrected chi connectivity index (χ2v) is 6.61. The minimum Gasteiger partial charge on any atom is -0.493 e. The van der Waals surface area contributed by atoms with Gasteiger partial charge < -0.3 is 24.8 Å². The quantitative estimate of drug-likeness (QED) is 0.423. The molecule has 162 valence electrons. The van der Waals surface area contributed by atoms with Gasteiger partial charge in [0.2, 0.25) is 0 Å². The summed E-state index contributed by atoms with van der Waals surface area (Å²) < 4.78 is 15.4. The van der Waals surface area contributed by atoms with E-state index in [1.54, 1.807) is 13.8 Å². The van der Waals surface area contributed by atoms with Crippen LogP contribution in [0.4, 0.5) is 10.5 Å². The molecule has 0 fully saturated rings. The zero-order valence-electron chi connectivity index (χ0n) is 17.4. The number of nitrogens with one attached hydrogen (secondary N) is 2. The smallest absolute Gasteiger partial charge is 0.407 e. The lowest BCUT2D eigenvalue weighted by atomic mass is 10.0. The number of amides is 2. The summed E-state index contributed by atoms with van der Waals surface area (Å²) in [6.07, 6.45) is 0.00876. The van der Waals surface area contributed by atoms with E-state index in [0.717, 1.165) is 0 Å². The molecule has 2 amide bonds. The summed E-state index contributed by atoms with van der Waals surface area (Å²) in [5.41, 5.74) is -0.555. The van der Waals surface area contributed by atoms with Gasteiger partial charge in [-0.25, -0.2) is 4.79 Å². The highest BCUT2D eigenvalue weighted by Gasteiger charge is 2.25. The Morgan fingerprint density at radius 1 is 1.17 bits per heavy atom. The van der Waals surface area contributed by atoms with Crippen LogP contribution in [-0.2, 0) is 4.74 Å². The Balaban J connectivity index is 3.03. The number of carbonyl (C=O) groups is 2. The summed E-state index contributed by atoms with van der Waals surface area (Å²) in [7, 11) is 1.38. The van der Waals surface area contributed by atoms with Crippen molar-refractivity contribution in [1.29, 1.82) is 0 Å². The van der Waals surface area contributed by atoms with Crippen molar-refractivity contribution in [3.8, 4) is 11.5 Å². The summed E-state index contributed by atoms with van der Waals surface area (Å²) in [5.74, 6) is -0.0120. The highest BCUT2D eigenvalue weighted by molar-refractivity contribution is 5.99. The van der Waals surface area contributed by atoms with E-state index >= 15 is 0 Å². The molecular formula is C19H29N3O7. The second kappa shape index (κ2) is 11.7. The number of methoxy groups -OCH3 is 1. The summed E-state index contributed by atoms with van der Waals surface area (Å²) in [4.78, 5) is 35.1. The molecule has 2 N–H and O–H groups in total. The number of hydrogen-bond donors (Lipinski definition) is 2. The van der Waals surface area contributed by atoms with Gasteiger partial charge in [-0.15, -0.1) is 0 Å². The molecule has 1 unspecified atom stereocenters. The number of carbonyl (C=O) groups excluding carboxylic acids is 2. The lowest BCUT2D eigenvalue weighted by molar-refractivity contribution is -0.385. The highest BCUT2D eigenvalue weighted by atomic mass is 16.6. The molecule has 0 radical (unpaired) electrons. The number of rotatable bonds is 11. The number of alkyl carbamates (subject to hydrolysis) is 1. The largest absolute Gasteiger partial charge is 0.493 e. The van der Waals surface area contributed by atoms with Gasteiger partial charge in [-0.2, -0.15) is 0 Å². The zero-order valence-corrected chi connectivity index (χ0v) is 17.4. The standard InChI is InChI=1S/C19H29N3O7/c1-6-28-17-10-15(22(25)26)14(9-16(17)27-5)18(23)20-11-13(8-12(3)4)21-19(24)29-7-2/h9-10,12-13H,6-8,11H2,1-5H3,(H,20,23)(H,21,24). The fourth-order valence-corrected chi connectivity index (χ4v) is 2.72. The monoisotopic (exact) mass is 411 g/mol. The van der Waals surface area contributed by atoms with Gasteiger partial charge in [0.15, 0.2) is 11.5 Å². The highest BCUT2D eigenvalue weighted by Crippen LogP contribution is 2.34. The van der Waals surface area contributed by atoms with Gasteiger partial charge in [0.25, 0.3) is 11.6 Å². The predicted molar refractivity (Wildman–Crippen MR) is 107 cm³/mol. The van der Waals surface area contributed by atoms with Crippen LogP contribution in [0.3, 0.4) is 0 Å². The van der Waals surface area contributed by atoms with Gasteiger partial charge in [-0.1, -0.05) is 13.8 Å². The minimum absolute atomic E-state index is 0.0858. The Hall–Kier alpha value is -3.04. The molecule has 0 saturated carbocycles. The van der Waals surface area contributed by atoms with Crippen LogP contribution in [0.2, 0.25) is 0 Å². The number of benzene rings is 1. The fourth-order valence-electron chi connectivity index (χ4n) is 2.72. The Labute approximate surface area is 170 Å². The molecule has 0 aliphatic rings. The maximum absolute atomic E-state index is 12.7. The topological polar surface area (TPSA) is 129 Å². The van der Waals surface area contributed by atoms with Crippen LogP contribution in [0.15, 0.2) is 12.1 Å². The normalized spacial score (nSPS) is 11.5. The molecular weight excluding hydrogens is 382 g/mol. The van der Waals surface area contributed by atoms with E-state index in [0.29, 0.717) is 6.42 Å². The Morgan fingerprint density at radius 3 is 2.38 bits per heavy atom. The molecule has 29 heavy (non-hydrogen) atoms. The van der Waals surface area contributed by atoms with E-state index in [1.165, 1.54) is 19.2 Å². The molecule has 10 nitrogen and oxygen atoms in total. The summed E-state index contributed by atoms with van der Waals surface area (Å²) >= 11 is 0. The van der Waals surface area contributed by atoms with Gasteiger partial charge in [-0.3, -0.25) is 14.9 Å². The van der Waals surface area contributed by atoms with Crippen molar-refractivity contribution in [1.82, 2.24) is 10.6 Å². The van der Waals surface area contributed by atoms with Gasteiger partial charge in [0.1, 0.15) is 5.56 Å². The number of ether oxygens (including phenoxy) is 3. The SMILES string of the molecule is CCOC(=O)NC(CNC(=O)c1cc(OC)c(OCC)cc1[N+](=O)[O-])CC(C)C. The fraction of sp³-hybridized carbons (Fsp3) is 0.579. The van der Waals surface area contributed by atoms with Crippen molar-refractivity contribution in [2.75, 3.05) is 26.9 Å². The van der Waals surface area contributed by atoms with Crippen molar-refractivity contribution in [3.05, 3.63) is 27.8 Å². The molecule has 10 heteroatoms. The van der Waals surface area contributed by atoms with E-state index in [2.05, 4.69) is 10.6 Å². The summed E-state index contributed by atoms with van der Waals surface area (Å²) in [6.45, 7) is 7.98. The van der Waals surface area contributed by atoms with Crippen LogP contribution in [0.5, 0.6) is 11.5 Å². The number of nitrogens with zero attached hydrogens (tertiary/aromatic N) is 1. The van der Waals surface area contributed by atoms with Crippen molar-refractivity contribution < 1.29 is 28.7 Å². The van der Waals surface area contributed by atoms with E-state index in [9.17, 15) is 19.7 Å². The van der Waals surface area contributed by atoms with Crippen molar-refractivity contribution in [2.24, 2.45) is 5.92 Å². The number of hydrogen-bond acceptors (Lipinski definition) is 7. The number of nitro groups is 1. The molecule has 0 aliphatic heterocycles. The van der Waals surface area contributed by atoms with Gasteiger partial charge in [0.05, 0.1) is 31.3 Å². The van der Waals surface area contributed by atoms with Crippen LogP contribution in [0, 0.1) is 16.0 Å². The van der Waals surface area contributed by atoms with Crippen molar-refractivity contribution in [3.63, 3.8) is 0 Å². The lowest BCUT2D eigenvalue weighted by Crippen LogP contribution is -2.44. The Bertz CT molecular complexity index is 722. The third-order valence-electron chi connectivity index (χ3n) is 3.89. The minimum atomic E-state index is -0.655. The Morgan fingerprint density at radius 2 is 1.86 bits per heavy atom. The van der Waals surface area contributed by atoms with Crippen molar-refractivity contribution >= 4 is 17.7 Å². The third-order valence-corrected chi connectivity index (χ3v) is 3.89. The maximum atomic E-state index is 12.7. The first-order valence-electron chi connectivity index (χ1n) is 9.44. The average molecular weight is 411 g/mol. The molecule has 0 heterocycles. The first-order valence-corrected chi connectivity index (χ1v) is 9.44. The van der Waals surface area contributed by atoms with Crippen LogP contribution in [0.25, 0.3) is 0 Å². The number of nitro benzene ring substituents is 1. The van der Waals surface area contributed by atoms with E-state index < -0.39 is 22.6 Å². The van der Waals surface area contributed by atoms with Crippen LogP contribution >= 0.6 is 0 Å². The Kier molecular flexibility index (Phi) is 9.70. The van der Waals surface area contributed by atoms with Crippen molar-refractivity contribution in [2.45, 2.75) is 40.2 Å². The maximum Gasteiger partial charge on any atom is 0.407 e. The molecule has 1 aromatic rings. The van der Waals surface area contributed by atoms with Gasteiger partial charge in [-0.05, 0) is 26.2 Å². The average Bonchev–Trinajstić information content (AvgIpc) is 2.65. The van der Waals surface area contributed by atoms with Crippen LogP contribution < -0.4 is 20.1 Å². The summed E-state index contributed by atoms with van der Waals surface area (Å²) in [5, 5.41) is 16.8. The molecule has 1 atom stereocenters. The van der Waals surface area contributed by atoms with Gasteiger partial charge in [0, 0.05) is 18.7 Å². The molecule has 0 bridgehead atoms. The molecule has 1 aromatic carbocycles. The summed E-state index contributed by atoms with van der Waals surface area (Å²) in [6, 6.07) is 2.05. The lowest BCUT2D eigenvalue weighted by Gasteiger charge is -2.21. The molecule has 0 saturated heterocycles. The van der Waals surface area contributed by atoms with E-state index in [4.69, 9.17) is 14.2 Å². The van der Waals surface area contributed by atoms with Gasteiger partial charge >= 0.3 is 6.09 Å².